The lowest BCUT2D eigenvalue weighted by atomic mass is 10.2. The summed E-state index contributed by atoms with van der Waals surface area (Å²) >= 11 is 1.01. The molecular weight excluding hydrogens is 366 g/mol. The van der Waals surface area contributed by atoms with E-state index in [0.29, 0.717) is 0 Å². The third kappa shape index (κ3) is 5.64. The molecule has 4 N–H and O–H groups in total. The van der Waals surface area contributed by atoms with Gasteiger partial charge in [-0.05, 0) is 20.8 Å². The van der Waals surface area contributed by atoms with Crippen molar-refractivity contribution in [3.63, 3.8) is 0 Å². The number of oxime groups is 1. The van der Waals surface area contributed by atoms with E-state index in [9.17, 15) is 24.9 Å². The van der Waals surface area contributed by atoms with Crippen LogP contribution in [0.2, 0.25) is 0 Å². The Balaban J connectivity index is 2.04. The Morgan fingerprint density at radius 1 is 1.31 bits per heavy atom. The van der Waals surface area contributed by atoms with Crippen LogP contribution in [-0.2, 0) is 14.4 Å². The van der Waals surface area contributed by atoms with Crippen molar-refractivity contribution in [2.24, 2.45) is 5.16 Å². The summed E-state index contributed by atoms with van der Waals surface area (Å²) in [5.74, 6) is -1.36. The van der Waals surface area contributed by atoms with E-state index < -0.39 is 41.7 Å². The quantitative estimate of drug-likeness (QED) is 0.434. The summed E-state index contributed by atoms with van der Waals surface area (Å²) in [7, 11) is 0. The summed E-state index contributed by atoms with van der Waals surface area (Å²) in [6.07, 6.45) is -2.84. The first-order valence-corrected chi connectivity index (χ1v) is 8.72. The van der Waals surface area contributed by atoms with Crippen molar-refractivity contribution in [2.75, 3.05) is 5.32 Å². The second kappa shape index (κ2) is 7.98. The van der Waals surface area contributed by atoms with Gasteiger partial charge in [0.2, 0.25) is 5.71 Å². The molecule has 1 fully saturated rings. The highest BCUT2D eigenvalue weighted by molar-refractivity contribution is 7.14. The molecule has 0 aliphatic heterocycles. The molecule has 1 saturated carbocycles. The van der Waals surface area contributed by atoms with Crippen LogP contribution < -0.4 is 5.32 Å². The molecule has 1 heterocycles. The average Bonchev–Trinajstić information content (AvgIpc) is 3.04. The number of carbonyl (C=O) groups excluding carboxylic acids is 1. The molecule has 144 valence electrons. The highest BCUT2D eigenvalue weighted by Crippen LogP contribution is 2.23. The van der Waals surface area contributed by atoms with Gasteiger partial charge in [0, 0.05) is 18.2 Å². The van der Waals surface area contributed by atoms with Crippen LogP contribution in [0.25, 0.3) is 0 Å². The fourth-order valence-corrected chi connectivity index (χ4v) is 2.87. The van der Waals surface area contributed by atoms with Gasteiger partial charge in [0.05, 0.1) is 12.2 Å². The lowest BCUT2D eigenvalue weighted by molar-refractivity contribution is -0.129. The SMILES string of the molecule is CC(C)(C)OC(=O)Nc1nc(/C(=N/OC2C[C@@H](O)[C@@H](O)C2)C(=O)O)cs1. The zero-order valence-corrected chi connectivity index (χ0v) is 15.3. The number of anilines is 1. The number of hydrogen-bond acceptors (Lipinski definition) is 9. The Labute approximate surface area is 153 Å². The predicted octanol–water partition coefficient (Wildman–Crippen LogP) is 1.18. The Kier molecular flexibility index (Phi) is 6.16. The first-order valence-electron chi connectivity index (χ1n) is 7.84. The number of nitrogens with zero attached hydrogens (tertiary/aromatic N) is 2. The number of hydrogen-bond donors (Lipinski definition) is 4. The van der Waals surface area contributed by atoms with Crippen molar-refractivity contribution in [2.45, 2.75) is 57.5 Å². The van der Waals surface area contributed by atoms with Crippen LogP contribution in [0.4, 0.5) is 9.93 Å². The normalized spacial score (nSPS) is 23.6. The fraction of sp³-hybridized carbons (Fsp3) is 0.600. The summed E-state index contributed by atoms with van der Waals surface area (Å²) in [5, 5.41) is 35.8. The number of amides is 1. The highest BCUT2D eigenvalue weighted by atomic mass is 32.1. The van der Waals surface area contributed by atoms with Gasteiger partial charge in [0.1, 0.15) is 17.4 Å². The number of aliphatic carboxylic acids is 1. The number of aromatic nitrogens is 1. The minimum atomic E-state index is -1.36. The third-order valence-electron chi connectivity index (χ3n) is 3.30. The van der Waals surface area contributed by atoms with E-state index in [-0.39, 0.29) is 23.7 Å². The van der Waals surface area contributed by atoms with Gasteiger partial charge >= 0.3 is 12.1 Å². The van der Waals surface area contributed by atoms with E-state index >= 15 is 0 Å². The lowest BCUT2D eigenvalue weighted by Gasteiger charge is -2.18. The predicted molar refractivity (Wildman–Crippen MR) is 92.3 cm³/mol. The highest BCUT2D eigenvalue weighted by Gasteiger charge is 2.33. The van der Waals surface area contributed by atoms with Gasteiger partial charge in [-0.1, -0.05) is 5.16 Å². The van der Waals surface area contributed by atoms with E-state index in [0.717, 1.165) is 11.3 Å². The first-order chi connectivity index (χ1) is 12.0. The molecule has 1 aliphatic carbocycles. The molecule has 26 heavy (non-hydrogen) atoms. The zero-order chi connectivity index (χ0) is 19.5. The molecular formula is C15H21N3O7S. The monoisotopic (exact) mass is 387 g/mol. The van der Waals surface area contributed by atoms with Gasteiger partial charge in [-0.3, -0.25) is 5.32 Å². The minimum absolute atomic E-state index is 0.00709. The largest absolute Gasteiger partial charge is 0.476 e. The van der Waals surface area contributed by atoms with Crippen LogP contribution in [0.3, 0.4) is 0 Å². The molecule has 0 bridgehead atoms. The number of rotatable bonds is 5. The molecule has 0 aromatic carbocycles. The summed E-state index contributed by atoms with van der Waals surface area (Å²) in [5.41, 5.74) is -1.12. The Morgan fingerprint density at radius 2 is 1.92 bits per heavy atom. The van der Waals surface area contributed by atoms with Crippen LogP contribution in [-0.4, -0.2) is 62.0 Å². The molecule has 10 nitrogen and oxygen atoms in total. The molecule has 1 unspecified atom stereocenters. The maximum Gasteiger partial charge on any atom is 0.413 e. The Morgan fingerprint density at radius 3 is 2.46 bits per heavy atom. The molecule has 3 atom stereocenters. The number of carbonyl (C=O) groups is 2. The lowest BCUT2D eigenvalue weighted by Crippen LogP contribution is -2.27. The maximum atomic E-state index is 11.7. The number of nitrogens with one attached hydrogen (secondary N) is 1. The van der Waals surface area contributed by atoms with Crippen molar-refractivity contribution < 1.29 is 34.5 Å². The van der Waals surface area contributed by atoms with E-state index in [1.165, 1.54) is 5.38 Å². The van der Waals surface area contributed by atoms with Crippen LogP contribution in [0.15, 0.2) is 10.5 Å². The molecule has 1 aromatic heterocycles. The third-order valence-corrected chi connectivity index (χ3v) is 4.06. The molecule has 0 spiro atoms. The molecule has 1 aromatic rings. The van der Waals surface area contributed by atoms with Gasteiger partial charge in [-0.2, -0.15) is 0 Å². The summed E-state index contributed by atoms with van der Waals surface area (Å²) in [4.78, 5) is 32.2. The van der Waals surface area contributed by atoms with Gasteiger partial charge in [-0.25, -0.2) is 14.6 Å². The topological polar surface area (TPSA) is 151 Å². The maximum absolute atomic E-state index is 11.7. The first kappa shape index (κ1) is 20.1. The number of carboxylic acids is 1. The number of thiazole rings is 1. The van der Waals surface area contributed by atoms with E-state index in [2.05, 4.69) is 15.5 Å². The van der Waals surface area contributed by atoms with Crippen molar-refractivity contribution in [1.82, 2.24) is 4.98 Å². The van der Waals surface area contributed by atoms with Gasteiger partial charge in [0.15, 0.2) is 5.13 Å². The van der Waals surface area contributed by atoms with Crippen molar-refractivity contribution >= 4 is 34.2 Å². The Hall–Kier alpha value is -2.24. The average molecular weight is 387 g/mol. The second-order valence-electron chi connectivity index (χ2n) is 6.74. The van der Waals surface area contributed by atoms with Gasteiger partial charge in [0.25, 0.3) is 0 Å². The van der Waals surface area contributed by atoms with Gasteiger partial charge in [-0.15, -0.1) is 11.3 Å². The van der Waals surface area contributed by atoms with Crippen LogP contribution in [0.5, 0.6) is 0 Å². The van der Waals surface area contributed by atoms with E-state index in [1.807, 2.05) is 0 Å². The van der Waals surface area contributed by atoms with Crippen molar-refractivity contribution in [3.8, 4) is 0 Å². The van der Waals surface area contributed by atoms with E-state index in [4.69, 9.17) is 9.57 Å². The van der Waals surface area contributed by atoms with Crippen molar-refractivity contribution in [3.05, 3.63) is 11.1 Å². The minimum Gasteiger partial charge on any atom is -0.476 e. The van der Waals surface area contributed by atoms with Gasteiger partial charge < -0.3 is 24.9 Å². The molecule has 1 amide bonds. The number of aliphatic hydroxyl groups is 2. The molecule has 0 saturated heterocycles. The van der Waals surface area contributed by atoms with Crippen LogP contribution in [0.1, 0.15) is 39.3 Å². The van der Waals surface area contributed by atoms with Crippen LogP contribution in [0, 0.1) is 0 Å². The molecule has 0 radical (unpaired) electrons. The standard InChI is InChI=1S/C15H21N3O7S/c1-15(2,3)24-14(23)17-13-16-8(6-26-13)11(12(21)22)18-25-7-4-9(19)10(20)5-7/h6-7,9-10,19-20H,4-5H2,1-3H3,(H,21,22)(H,16,17,23)/b18-11-/t7?,9-,10+. The summed E-state index contributed by atoms with van der Waals surface area (Å²) in [6.45, 7) is 5.13. The summed E-state index contributed by atoms with van der Waals surface area (Å²) in [6, 6.07) is 0. The smallest absolute Gasteiger partial charge is 0.413 e. The van der Waals surface area contributed by atoms with E-state index in [1.54, 1.807) is 20.8 Å². The van der Waals surface area contributed by atoms with Crippen LogP contribution >= 0.6 is 11.3 Å². The molecule has 1 aliphatic rings. The summed E-state index contributed by atoms with van der Waals surface area (Å²) < 4.78 is 5.09. The second-order valence-corrected chi connectivity index (χ2v) is 7.60. The molecule has 2 rings (SSSR count). The molecule has 11 heteroatoms. The number of ether oxygens (including phenoxy) is 1. The Bertz CT molecular complexity index is 688. The number of carboxylic acid groups (broad SMARTS) is 1. The number of aliphatic hydroxyl groups excluding tert-OH is 2. The van der Waals surface area contributed by atoms with Crippen molar-refractivity contribution in [1.29, 1.82) is 0 Å². The zero-order valence-electron chi connectivity index (χ0n) is 14.5. The fourth-order valence-electron chi connectivity index (χ4n) is 2.19.